The largest absolute Gasteiger partial charge is 0.316 e. The Labute approximate surface area is 99.5 Å². The molecule has 1 aromatic rings. The summed E-state index contributed by atoms with van der Waals surface area (Å²) in [4.78, 5) is 14.4. The topological polar surface area (TPSA) is 41.5 Å². The van der Waals surface area contributed by atoms with Crippen LogP contribution in [0.4, 0.5) is 0 Å². The Hall–Kier alpha value is -1.15. The number of nitrogens with zero attached hydrogens (tertiary/aromatic N) is 1. The predicted octanol–water partition coefficient (Wildman–Crippen LogP) is 2.33. The zero-order valence-corrected chi connectivity index (χ0v) is 9.57. The first kappa shape index (κ1) is 11.3. The molecule has 1 aromatic carbocycles. The third-order valence-corrected chi connectivity index (χ3v) is 3.16. The highest BCUT2D eigenvalue weighted by Gasteiger charge is 2.25. The molecule has 0 aromatic heterocycles. The van der Waals surface area contributed by atoms with E-state index in [0.29, 0.717) is 10.9 Å². The molecule has 2 atom stereocenters. The van der Waals surface area contributed by atoms with Gasteiger partial charge in [-0.2, -0.15) is 4.99 Å². The molecular weight excluding hydrogens is 224 g/mol. The van der Waals surface area contributed by atoms with Crippen LogP contribution in [0.25, 0.3) is 0 Å². The summed E-state index contributed by atoms with van der Waals surface area (Å²) in [5.74, 6) is 0.361. The van der Waals surface area contributed by atoms with Gasteiger partial charge in [-0.3, -0.25) is 0 Å². The normalized spacial score (nSPS) is 21.4. The predicted molar refractivity (Wildman–Crippen MR) is 63.3 cm³/mol. The van der Waals surface area contributed by atoms with Gasteiger partial charge < -0.3 is 5.32 Å². The van der Waals surface area contributed by atoms with E-state index in [1.807, 2.05) is 24.3 Å². The van der Waals surface area contributed by atoms with Crippen LogP contribution in [0.2, 0.25) is 5.02 Å². The molecule has 0 bridgehead atoms. The minimum atomic E-state index is -0.119. The van der Waals surface area contributed by atoms with E-state index in [0.717, 1.165) is 25.1 Å². The number of hydrogen-bond donors (Lipinski definition) is 1. The van der Waals surface area contributed by atoms with E-state index in [1.54, 1.807) is 6.08 Å². The number of isocyanates is 1. The zero-order valence-electron chi connectivity index (χ0n) is 8.82. The molecular formula is C12H13ClN2O. The molecule has 0 aliphatic carbocycles. The lowest BCUT2D eigenvalue weighted by atomic mass is 9.93. The summed E-state index contributed by atoms with van der Waals surface area (Å²) in [6.07, 6.45) is 2.70. The summed E-state index contributed by atoms with van der Waals surface area (Å²) >= 11 is 5.94. The maximum Gasteiger partial charge on any atom is 0.235 e. The van der Waals surface area contributed by atoms with Crippen LogP contribution in [0.3, 0.4) is 0 Å². The first-order valence-corrected chi connectivity index (χ1v) is 5.72. The van der Waals surface area contributed by atoms with E-state index in [9.17, 15) is 4.79 Å². The smallest absolute Gasteiger partial charge is 0.235 e. The van der Waals surface area contributed by atoms with Gasteiger partial charge in [0.05, 0.1) is 6.04 Å². The van der Waals surface area contributed by atoms with Crippen molar-refractivity contribution in [1.82, 2.24) is 5.32 Å². The summed E-state index contributed by atoms with van der Waals surface area (Å²) in [5.41, 5.74) is 0.990. The molecule has 16 heavy (non-hydrogen) atoms. The molecule has 0 amide bonds. The minimum Gasteiger partial charge on any atom is -0.316 e. The molecule has 3 nitrogen and oxygen atoms in total. The van der Waals surface area contributed by atoms with Crippen molar-refractivity contribution >= 4 is 17.7 Å². The fourth-order valence-electron chi connectivity index (χ4n) is 2.15. The number of hydrogen-bond acceptors (Lipinski definition) is 3. The van der Waals surface area contributed by atoms with Crippen LogP contribution < -0.4 is 5.32 Å². The Balaban J connectivity index is 2.27. The molecule has 2 unspecified atom stereocenters. The summed E-state index contributed by atoms with van der Waals surface area (Å²) in [6.45, 7) is 1.87. The molecule has 1 heterocycles. The average molecular weight is 237 g/mol. The lowest BCUT2D eigenvalue weighted by molar-refractivity contribution is 0.466. The van der Waals surface area contributed by atoms with Crippen molar-refractivity contribution < 1.29 is 4.79 Å². The second kappa shape index (κ2) is 5.26. The lowest BCUT2D eigenvalue weighted by Crippen LogP contribution is -2.15. The van der Waals surface area contributed by atoms with E-state index < -0.39 is 0 Å². The highest BCUT2D eigenvalue weighted by Crippen LogP contribution is 2.31. The number of benzene rings is 1. The van der Waals surface area contributed by atoms with Crippen molar-refractivity contribution in [3.8, 4) is 0 Å². The van der Waals surface area contributed by atoms with E-state index >= 15 is 0 Å². The number of nitrogens with one attached hydrogen (secondary N) is 1. The molecule has 0 spiro atoms. The van der Waals surface area contributed by atoms with E-state index in [1.165, 1.54) is 0 Å². The summed E-state index contributed by atoms with van der Waals surface area (Å²) < 4.78 is 0. The first-order valence-electron chi connectivity index (χ1n) is 5.34. The fourth-order valence-corrected chi connectivity index (χ4v) is 2.34. The van der Waals surface area contributed by atoms with Crippen molar-refractivity contribution in [2.75, 3.05) is 13.1 Å². The Morgan fingerprint density at radius 2 is 2.44 bits per heavy atom. The van der Waals surface area contributed by atoms with Gasteiger partial charge in [-0.05, 0) is 36.6 Å². The highest BCUT2D eigenvalue weighted by molar-refractivity contribution is 6.30. The van der Waals surface area contributed by atoms with Gasteiger partial charge in [-0.25, -0.2) is 4.79 Å². The molecule has 84 valence electrons. The molecule has 1 aliphatic rings. The average Bonchev–Trinajstić information content (AvgIpc) is 2.79. The van der Waals surface area contributed by atoms with Gasteiger partial charge in [0, 0.05) is 11.6 Å². The zero-order chi connectivity index (χ0) is 11.4. The van der Waals surface area contributed by atoms with Gasteiger partial charge in [0.2, 0.25) is 6.08 Å². The van der Waals surface area contributed by atoms with E-state index in [4.69, 9.17) is 11.6 Å². The number of aliphatic imine (C=N–C) groups is 1. The lowest BCUT2D eigenvalue weighted by Gasteiger charge is -2.17. The van der Waals surface area contributed by atoms with Crippen LogP contribution in [-0.4, -0.2) is 19.2 Å². The van der Waals surface area contributed by atoms with Crippen molar-refractivity contribution in [3.05, 3.63) is 34.9 Å². The van der Waals surface area contributed by atoms with Crippen LogP contribution in [0.1, 0.15) is 18.0 Å². The number of carbonyl (C=O) groups excluding carboxylic acids is 1. The summed E-state index contributed by atoms with van der Waals surface area (Å²) in [6, 6.07) is 7.40. The Bertz CT molecular complexity index is 409. The van der Waals surface area contributed by atoms with Gasteiger partial charge in [-0.15, -0.1) is 0 Å². The molecule has 1 saturated heterocycles. The maximum absolute atomic E-state index is 10.5. The van der Waals surface area contributed by atoms with Crippen molar-refractivity contribution in [2.24, 2.45) is 10.9 Å². The Morgan fingerprint density at radius 3 is 3.06 bits per heavy atom. The fraction of sp³-hybridized carbons (Fsp3) is 0.417. The number of halogens is 1. The van der Waals surface area contributed by atoms with Crippen molar-refractivity contribution in [1.29, 1.82) is 0 Å². The van der Waals surface area contributed by atoms with Gasteiger partial charge in [0.1, 0.15) is 0 Å². The Kier molecular flexibility index (Phi) is 3.73. The third kappa shape index (κ3) is 2.50. The SMILES string of the molecule is O=C=NC(c1cccc(Cl)c1)C1CCNC1. The first-order chi connectivity index (χ1) is 7.81. The van der Waals surface area contributed by atoms with Crippen LogP contribution in [0.5, 0.6) is 0 Å². The van der Waals surface area contributed by atoms with Gasteiger partial charge in [0.15, 0.2) is 0 Å². The van der Waals surface area contributed by atoms with Crippen LogP contribution in [0.15, 0.2) is 29.3 Å². The molecule has 1 fully saturated rings. The van der Waals surface area contributed by atoms with Crippen LogP contribution in [0, 0.1) is 5.92 Å². The standard InChI is InChI=1S/C12H13ClN2O/c13-11-3-1-2-9(6-11)12(15-8-16)10-4-5-14-7-10/h1-3,6,10,12,14H,4-5,7H2. The molecule has 4 heteroatoms. The number of rotatable bonds is 3. The second-order valence-electron chi connectivity index (χ2n) is 3.97. The maximum atomic E-state index is 10.5. The van der Waals surface area contributed by atoms with Crippen LogP contribution >= 0.6 is 11.6 Å². The minimum absolute atomic E-state index is 0.119. The highest BCUT2D eigenvalue weighted by atomic mass is 35.5. The monoisotopic (exact) mass is 236 g/mol. The third-order valence-electron chi connectivity index (χ3n) is 2.93. The molecule has 1 N–H and O–H groups in total. The van der Waals surface area contributed by atoms with E-state index in [-0.39, 0.29) is 6.04 Å². The van der Waals surface area contributed by atoms with Crippen molar-refractivity contribution in [2.45, 2.75) is 12.5 Å². The van der Waals surface area contributed by atoms with Gasteiger partial charge in [0.25, 0.3) is 0 Å². The summed E-state index contributed by atoms with van der Waals surface area (Å²) in [7, 11) is 0. The molecule has 0 saturated carbocycles. The second-order valence-corrected chi connectivity index (χ2v) is 4.41. The van der Waals surface area contributed by atoms with Crippen LogP contribution in [-0.2, 0) is 4.79 Å². The van der Waals surface area contributed by atoms with Gasteiger partial charge in [-0.1, -0.05) is 23.7 Å². The Morgan fingerprint density at radius 1 is 1.56 bits per heavy atom. The van der Waals surface area contributed by atoms with E-state index in [2.05, 4.69) is 10.3 Å². The molecule has 1 aliphatic heterocycles. The molecule has 0 radical (unpaired) electrons. The van der Waals surface area contributed by atoms with Gasteiger partial charge >= 0.3 is 0 Å². The van der Waals surface area contributed by atoms with Crippen molar-refractivity contribution in [3.63, 3.8) is 0 Å². The quantitative estimate of drug-likeness (QED) is 0.647. The summed E-state index contributed by atoms with van der Waals surface area (Å²) in [5, 5.41) is 3.95. The molecule has 2 rings (SSSR count).